The molecule has 2 aliphatic rings. The first-order valence-electron chi connectivity index (χ1n) is 9.03. The maximum atomic E-state index is 6.13. The lowest BCUT2D eigenvalue weighted by Gasteiger charge is -2.42. The molecule has 1 aliphatic heterocycles. The van der Waals surface area contributed by atoms with Crippen molar-refractivity contribution >= 4 is 23.2 Å². The molecule has 128 valence electrons. The summed E-state index contributed by atoms with van der Waals surface area (Å²) in [6.07, 6.45) is 9.31. The van der Waals surface area contributed by atoms with Gasteiger partial charge >= 0.3 is 0 Å². The zero-order valence-electron chi connectivity index (χ0n) is 14.1. The normalized spacial score (nSPS) is 26.1. The Bertz CT molecular complexity index is 514. The van der Waals surface area contributed by atoms with Crippen molar-refractivity contribution in [2.24, 2.45) is 0 Å². The minimum Gasteiger partial charge on any atom is -0.302 e. The fraction of sp³-hybridized carbons (Fsp3) is 0.684. The molecule has 0 radical (unpaired) electrons. The van der Waals surface area contributed by atoms with Crippen molar-refractivity contribution in [3.05, 3.63) is 33.8 Å². The van der Waals surface area contributed by atoms with E-state index in [9.17, 15) is 0 Å². The SMILES string of the molecule is CN(CCc1ccc(Cl)c(Cl)c1)[C@@H]1CCCC[C@H]1N1CCCC1. The highest BCUT2D eigenvalue weighted by Gasteiger charge is 2.33. The summed E-state index contributed by atoms with van der Waals surface area (Å²) in [5.41, 5.74) is 1.28. The van der Waals surface area contributed by atoms with Gasteiger partial charge in [0.1, 0.15) is 0 Å². The Morgan fingerprint density at radius 2 is 1.78 bits per heavy atom. The van der Waals surface area contributed by atoms with E-state index in [1.54, 1.807) is 0 Å². The molecule has 0 aromatic heterocycles. The van der Waals surface area contributed by atoms with Crippen molar-refractivity contribution in [2.45, 2.75) is 57.0 Å². The monoisotopic (exact) mass is 354 g/mol. The van der Waals surface area contributed by atoms with E-state index in [4.69, 9.17) is 23.2 Å². The predicted octanol–water partition coefficient (Wildman–Crippen LogP) is 4.87. The van der Waals surface area contributed by atoms with Gasteiger partial charge in [-0.15, -0.1) is 0 Å². The highest BCUT2D eigenvalue weighted by molar-refractivity contribution is 6.42. The van der Waals surface area contributed by atoms with E-state index in [1.165, 1.54) is 57.2 Å². The lowest BCUT2D eigenvalue weighted by molar-refractivity contribution is 0.0771. The van der Waals surface area contributed by atoms with Crippen LogP contribution in [0.15, 0.2) is 18.2 Å². The molecular weight excluding hydrogens is 327 g/mol. The zero-order chi connectivity index (χ0) is 16.2. The number of rotatable bonds is 5. The Hall–Kier alpha value is -0.280. The Labute approximate surface area is 150 Å². The summed E-state index contributed by atoms with van der Waals surface area (Å²) >= 11 is 12.1. The van der Waals surface area contributed by atoms with Crippen LogP contribution in [0.3, 0.4) is 0 Å². The van der Waals surface area contributed by atoms with E-state index in [1.807, 2.05) is 12.1 Å². The lowest BCUT2D eigenvalue weighted by atomic mass is 9.88. The van der Waals surface area contributed by atoms with Crippen molar-refractivity contribution < 1.29 is 0 Å². The average Bonchev–Trinajstić information content (AvgIpc) is 3.10. The molecule has 1 aromatic rings. The number of benzene rings is 1. The summed E-state index contributed by atoms with van der Waals surface area (Å²) in [6, 6.07) is 7.50. The van der Waals surface area contributed by atoms with Gasteiger partial charge < -0.3 is 4.90 Å². The number of hydrogen-bond acceptors (Lipinski definition) is 2. The molecule has 2 nitrogen and oxygen atoms in total. The third-order valence-corrected chi connectivity index (χ3v) is 6.35. The van der Waals surface area contributed by atoms with Gasteiger partial charge in [0.2, 0.25) is 0 Å². The molecule has 4 heteroatoms. The number of nitrogens with zero attached hydrogens (tertiary/aromatic N) is 2. The van der Waals surface area contributed by atoms with Crippen LogP contribution >= 0.6 is 23.2 Å². The summed E-state index contributed by atoms with van der Waals surface area (Å²) in [4.78, 5) is 5.34. The van der Waals surface area contributed by atoms with E-state index in [2.05, 4.69) is 22.9 Å². The van der Waals surface area contributed by atoms with Gasteiger partial charge in [-0.05, 0) is 69.9 Å². The van der Waals surface area contributed by atoms with Crippen LogP contribution in [0.2, 0.25) is 10.0 Å². The molecule has 1 aromatic carbocycles. The van der Waals surface area contributed by atoms with Crippen LogP contribution in [-0.2, 0) is 6.42 Å². The molecule has 0 amide bonds. The van der Waals surface area contributed by atoms with Gasteiger partial charge in [0, 0.05) is 18.6 Å². The molecule has 2 atom stereocenters. The Morgan fingerprint density at radius 1 is 1.04 bits per heavy atom. The van der Waals surface area contributed by atoms with Crippen molar-refractivity contribution in [1.29, 1.82) is 0 Å². The molecule has 1 saturated carbocycles. The minimum absolute atomic E-state index is 0.644. The smallest absolute Gasteiger partial charge is 0.0595 e. The van der Waals surface area contributed by atoms with E-state index < -0.39 is 0 Å². The van der Waals surface area contributed by atoms with Gasteiger partial charge in [-0.25, -0.2) is 0 Å². The standard InChI is InChI=1S/C19H28Cl2N2/c1-22(13-10-15-8-9-16(20)17(21)14-15)18-6-2-3-7-19(18)23-11-4-5-12-23/h8-9,14,18-19H,2-7,10-13H2,1H3/t18-,19-/m1/s1. The highest BCUT2D eigenvalue weighted by atomic mass is 35.5. The van der Waals surface area contributed by atoms with Crippen LogP contribution in [0, 0.1) is 0 Å². The number of halogens is 2. The molecule has 0 spiro atoms. The number of hydrogen-bond donors (Lipinski definition) is 0. The quantitative estimate of drug-likeness (QED) is 0.743. The molecule has 0 bridgehead atoms. The van der Waals surface area contributed by atoms with Gasteiger partial charge in [-0.1, -0.05) is 42.1 Å². The third kappa shape index (κ3) is 4.42. The van der Waals surface area contributed by atoms with Gasteiger partial charge in [-0.2, -0.15) is 0 Å². The maximum absolute atomic E-state index is 6.13. The summed E-state index contributed by atoms with van der Waals surface area (Å²) in [5.74, 6) is 0. The van der Waals surface area contributed by atoms with Crippen LogP contribution in [0.25, 0.3) is 0 Å². The van der Waals surface area contributed by atoms with E-state index in [-0.39, 0.29) is 0 Å². The Kier molecular flexibility index (Phi) is 6.25. The van der Waals surface area contributed by atoms with Crippen LogP contribution in [-0.4, -0.2) is 48.6 Å². The second kappa shape index (κ2) is 8.20. The molecule has 0 N–H and O–H groups in total. The van der Waals surface area contributed by atoms with E-state index in [0.29, 0.717) is 16.1 Å². The molecule has 23 heavy (non-hydrogen) atoms. The molecular formula is C19H28Cl2N2. The number of likely N-dealkylation sites (tertiary alicyclic amines) is 1. The predicted molar refractivity (Wildman–Crippen MR) is 99.6 cm³/mol. The third-order valence-electron chi connectivity index (χ3n) is 5.61. The van der Waals surface area contributed by atoms with Gasteiger partial charge in [-0.3, -0.25) is 4.90 Å². The van der Waals surface area contributed by atoms with Crippen LogP contribution in [0.5, 0.6) is 0 Å². The fourth-order valence-corrected chi connectivity index (χ4v) is 4.59. The molecule has 1 aliphatic carbocycles. The maximum Gasteiger partial charge on any atom is 0.0595 e. The molecule has 1 saturated heterocycles. The topological polar surface area (TPSA) is 6.48 Å². The summed E-state index contributed by atoms with van der Waals surface area (Å²) < 4.78 is 0. The van der Waals surface area contributed by atoms with Crippen LogP contribution in [0.1, 0.15) is 44.1 Å². The first-order chi connectivity index (χ1) is 11.1. The second-order valence-corrected chi connectivity index (χ2v) is 7.96. The van der Waals surface area contributed by atoms with Gasteiger partial charge in [0.25, 0.3) is 0 Å². The van der Waals surface area contributed by atoms with E-state index in [0.717, 1.165) is 19.0 Å². The Balaban J connectivity index is 1.58. The van der Waals surface area contributed by atoms with Crippen LogP contribution in [0.4, 0.5) is 0 Å². The molecule has 2 fully saturated rings. The summed E-state index contributed by atoms with van der Waals surface area (Å²) in [7, 11) is 2.30. The van der Waals surface area contributed by atoms with Crippen LogP contribution < -0.4 is 0 Å². The lowest BCUT2D eigenvalue weighted by Crippen LogP contribution is -2.51. The summed E-state index contributed by atoms with van der Waals surface area (Å²) in [6.45, 7) is 3.70. The molecule has 1 heterocycles. The van der Waals surface area contributed by atoms with Crippen molar-refractivity contribution in [3.63, 3.8) is 0 Å². The minimum atomic E-state index is 0.644. The zero-order valence-corrected chi connectivity index (χ0v) is 15.6. The second-order valence-electron chi connectivity index (χ2n) is 7.14. The first kappa shape index (κ1) is 17.5. The average molecular weight is 355 g/mol. The first-order valence-corrected chi connectivity index (χ1v) is 9.79. The Morgan fingerprint density at radius 3 is 2.52 bits per heavy atom. The number of likely N-dealkylation sites (N-methyl/N-ethyl adjacent to an activating group) is 1. The van der Waals surface area contributed by atoms with Crippen molar-refractivity contribution in [1.82, 2.24) is 9.80 Å². The van der Waals surface area contributed by atoms with Crippen molar-refractivity contribution in [3.8, 4) is 0 Å². The van der Waals surface area contributed by atoms with Gasteiger partial charge in [0.15, 0.2) is 0 Å². The van der Waals surface area contributed by atoms with Gasteiger partial charge in [0.05, 0.1) is 10.0 Å². The molecule has 3 rings (SSSR count). The largest absolute Gasteiger partial charge is 0.302 e. The fourth-order valence-electron chi connectivity index (χ4n) is 4.27. The van der Waals surface area contributed by atoms with E-state index >= 15 is 0 Å². The molecule has 0 unspecified atom stereocenters. The summed E-state index contributed by atoms with van der Waals surface area (Å²) in [5, 5.41) is 1.31. The van der Waals surface area contributed by atoms with Crippen molar-refractivity contribution in [2.75, 3.05) is 26.7 Å². The highest BCUT2D eigenvalue weighted by Crippen LogP contribution is 2.29.